The van der Waals surface area contributed by atoms with Crippen LogP contribution >= 0.6 is 24.0 Å². The molecule has 154 valence electrons. The molecule has 0 bridgehead atoms. The van der Waals surface area contributed by atoms with Crippen molar-refractivity contribution in [2.24, 2.45) is 10.9 Å². The molecule has 0 radical (unpaired) electrons. The van der Waals surface area contributed by atoms with E-state index in [1.807, 2.05) is 0 Å². The van der Waals surface area contributed by atoms with E-state index in [9.17, 15) is 8.42 Å². The lowest BCUT2D eigenvalue weighted by Crippen LogP contribution is -2.54. The Kier molecular flexibility index (Phi) is 8.80. The Morgan fingerprint density at radius 3 is 2.59 bits per heavy atom. The molecule has 1 saturated carbocycles. The van der Waals surface area contributed by atoms with E-state index >= 15 is 0 Å². The van der Waals surface area contributed by atoms with Crippen LogP contribution in [-0.2, 0) is 15.8 Å². The highest BCUT2D eigenvalue weighted by Gasteiger charge is 2.29. The summed E-state index contributed by atoms with van der Waals surface area (Å²) < 4.78 is 31.2. The Morgan fingerprint density at radius 1 is 1.30 bits per heavy atom. The fourth-order valence-electron chi connectivity index (χ4n) is 3.79. The molecule has 1 N–H and O–H groups in total. The van der Waals surface area contributed by atoms with Gasteiger partial charge in [-0.15, -0.1) is 24.0 Å². The van der Waals surface area contributed by atoms with E-state index in [0.717, 1.165) is 18.4 Å². The van der Waals surface area contributed by atoms with Gasteiger partial charge in [-0.05, 0) is 12.3 Å². The van der Waals surface area contributed by atoms with Crippen molar-refractivity contribution in [1.82, 2.24) is 19.7 Å². The number of hydrogen-bond acceptors (Lipinski definition) is 5. The molecule has 27 heavy (non-hydrogen) atoms. The van der Waals surface area contributed by atoms with Crippen LogP contribution in [0.2, 0.25) is 0 Å². The number of halogens is 1. The summed E-state index contributed by atoms with van der Waals surface area (Å²) in [5.74, 6) is 1.60. The van der Waals surface area contributed by atoms with Gasteiger partial charge in [0.25, 0.3) is 0 Å². The normalized spacial score (nSPS) is 19.9. The van der Waals surface area contributed by atoms with Crippen LogP contribution in [0.4, 0.5) is 0 Å². The summed E-state index contributed by atoms with van der Waals surface area (Å²) in [6.45, 7) is 3.14. The molecule has 0 spiro atoms. The van der Waals surface area contributed by atoms with Gasteiger partial charge in [-0.3, -0.25) is 4.99 Å². The van der Waals surface area contributed by atoms with Crippen molar-refractivity contribution in [1.29, 1.82) is 0 Å². The van der Waals surface area contributed by atoms with E-state index < -0.39 is 10.0 Å². The second-order valence-corrected chi connectivity index (χ2v) is 9.02. The van der Waals surface area contributed by atoms with Gasteiger partial charge in [-0.1, -0.05) is 30.8 Å². The summed E-state index contributed by atoms with van der Waals surface area (Å²) in [6.07, 6.45) is 8.01. The number of hydrogen-bond donors (Lipinski definition) is 1. The third-order valence-electron chi connectivity index (χ3n) is 5.28. The van der Waals surface area contributed by atoms with Crippen molar-refractivity contribution in [2.75, 3.05) is 39.8 Å². The van der Waals surface area contributed by atoms with Crippen LogP contribution in [0.3, 0.4) is 0 Å². The standard InChI is InChI=1S/C17H29N5O3S.HI/c1-18-17(19-8-6-15-4-2-3-5-15)21-9-11-22(12-10-21)26(23,24)14-16-7-13-25-20-16;/h7,13,15H,2-6,8-12,14H2,1H3,(H,18,19);1H. The van der Waals surface area contributed by atoms with Crippen LogP contribution in [0.15, 0.2) is 21.8 Å². The molecule has 8 nitrogen and oxygen atoms in total. The summed E-state index contributed by atoms with van der Waals surface area (Å²) >= 11 is 0. The van der Waals surface area contributed by atoms with Crippen LogP contribution in [0.1, 0.15) is 37.8 Å². The van der Waals surface area contributed by atoms with E-state index in [2.05, 4.69) is 20.4 Å². The first kappa shape index (κ1) is 22.4. The second-order valence-electron chi connectivity index (χ2n) is 7.05. The Balaban J connectivity index is 0.00000261. The first-order valence-electron chi connectivity index (χ1n) is 9.41. The van der Waals surface area contributed by atoms with Gasteiger partial charge in [0.1, 0.15) is 12.0 Å². The second kappa shape index (κ2) is 10.6. The lowest BCUT2D eigenvalue weighted by Gasteiger charge is -2.35. The zero-order valence-corrected chi connectivity index (χ0v) is 19.0. The van der Waals surface area contributed by atoms with Crippen LogP contribution < -0.4 is 5.32 Å². The molecule has 3 rings (SSSR count). The topological polar surface area (TPSA) is 91.0 Å². The molecule has 0 aromatic carbocycles. The quantitative estimate of drug-likeness (QED) is 0.357. The predicted octanol–water partition coefficient (Wildman–Crippen LogP) is 1.90. The molecular weight excluding hydrogens is 481 g/mol. The van der Waals surface area contributed by atoms with Crippen molar-refractivity contribution < 1.29 is 12.9 Å². The smallest absolute Gasteiger partial charge is 0.220 e. The number of aromatic nitrogens is 1. The lowest BCUT2D eigenvalue weighted by molar-refractivity contribution is 0.259. The molecule has 2 fully saturated rings. The fourth-order valence-corrected chi connectivity index (χ4v) is 5.21. The van der Waals surface area contributed by atoms with Gasteiger partial charge in [0, 0.05) is 45.8 Å². The molecular formula is C17H30IN5O3S. The molecule has 1 saturated heterocycles. The van der Waals surface area contributed by atoms with Crippen LogP contribution in [-0.4, -0.2) is 68.5 Å². The van der Waals surface area contributed by atoms with E-state index in [4.69, 9.17) is 4.52 Å². The van der Waals surface area contributed by atoms with Crippen LogP contribution in [0.25, 0.3) is 0 Å². The first-order valence-corrected chi connectivity index (χ1v) is 11.0. The largest absolute Gasteiger partial charge is 0.364 e. The molecule has 0 unspecified atom stereocenters. The van der Waals surface area contributed by atoms with Crippen molar-refractivity contribution in [3.05, 3.63) is 18.0 Å². The summed E-state index contributed by atoms with van der Waals surface area (Å²) in [7, 11) is -1.58. The molecule has 1 aromatic rings. The molecule has 1 aliphatic heterocycles. The minimum atomic E-state index is -3.37. The SMILES string of the molecule is CN=C(NCCC1CCCC1)N1CCN(S(=O)(=O)Cc2ccon2)CC1.I. The van der Waals surface area contributed by atoms with Crippen LogP contribution in [0.5, 0.6) is 0 Å². The number of aliphatic imine (C=N–C) groups is 1. The Labute approximate surface area is 178 Å². The predicted molar refractivity (Wildman–Crippen MR) is 116 cm³/mol. The minimum Gasteiger partial charge on any atom is -0.364 e. The van der Waals surface area contributed by atoms with Crippen molar-refractivity contribution in [2.45, 2.75) is 37.9 Å². The van der Waals surface area contributed by atoms with E-state index in [-0.39, 0.29) is 29.7 Å². The van der Waals surface area contributed by atoms with Gasteiger partial charge in [0.2, 0.25) is 10.0 Å². The molecule has 0 atom stereocenters. The van der Waals surface area contributed by atoms with Crippen LogP contribution in [0, 0.1) is 5.92 Å². The van der Waals surface area contributed by atoms with Gasteiger partial charge in [0.05, 0.1) is 5.69 Å². The number of nitrogens with zero attached hydrogens (tertiary/aromatic N) is 4. The molecule has 1 aromatic heterocycles. The lowest BCUT2D eigenvalue weighted by atomic mass is 10.0. The maximum atomic E-state index is 12.5. The third-order valence-corrected chi connectivity index (χ3v) is 7.09. The molecule has 2 heterocycles. The first-order chi connectivity index (χ1) is 12.6. The van der Waals surface area contributed by atoms with E-state index in [1.165, 1.54) is 42.7 Å². The van der Waals surface area contributed by atoms with Gasteiger partial charge in [-0.2, -0.15) is 4.31 Å². The Bertz CT molecular complexity index is 681. The van der Waals surface area contributed by atoms with Gasteiger partial charge < -0.3 is 14.7 Å². The average molecular weight is 511 g/mol. The average Bonchev–Trinajstić information content (AvgIpc) is 3.33. The number of guanidine groups is 1. The molecule has 1 aliphatic carbocycles. The van der Waals surface area contributed by atoms with Crippen molar-refractivity contribution in [3.63, 3.8) is 0 Å². The maximum Gasteiger partial charge on any atom is 0.220 e. The number of nitrogens with one attached hydrogen (secondary N) is 1. The Morgan fingerprint density at radius 2 is 2.00 bits per heavy atom. The summed E-state index contributed by atoms with van der Waals surface area (Å²) in [5, 5.41) is 7.14. The highest BCUT2D eigenvalue weighted by Crippen LogP contribution is 2.26. The number of rotatable bonds is 6. The van der Waals surface area contributed by atoms with Gasteiger partial charge in [-0.25, -0.2) is 8.42 Å². The maximum absolute atomic E-state index is 12.5. The van der Waals surface area contributed by atoms with Gasteiger partial charge in [0.15, 0.2) is 5.96 Å². The van der Waals surface area contributed by atoms with E-state index in [0.29, 0.717) is 31.9 Å². The molecule has 10 heteroatoms. The highest BCUT2D eigenvalue weighted by atomic mass is 127. The number of sulfonamides is 1. The van der Waals surface area contributed by atoms with Gasteiger partial charge >= 0.3 is 0 Å². The monoisotopic (exact) mass is 511 g/mol. The minimum absolute atomic E-state index is 0. The third kappa shape index (κ3) is 6.31. The van der Waals surface area contributed by atoms with Crippen molar-refractivity contribution in [3.8, 4) is 0 Å². The zero-order valence-electron chi connectivity index (χ0n) is 15.8. The highest BCUT2D eigenvalue weighted by molar-refractivity contribution is 14.0. The summed E-state index contributed by atoms with van der Waals surface area (Å²) in [6, 6.07) is 1.59. The molecule has 0 amide bonds. The number of piperazine rings is 1. The Hall–Kier alpha value is -0.880. The zero-order chi connectivity index (χ0) is 18.4. The van der Waals surface area contributed by atoms with Crippen molar-refractivity contribution >= 4 is 40.0 Å². The van der Waals surface area contributed by atoms with E-state index in [1.54, 1.807) is 13.1 Å². The summed E-state index contributed by atoms with van der Waals surface area (Å²) in [4.78, 5) is 6.50. The molecule has 2 aliphatic rings. The fraction of sp³-hybridized carbons (Fsp3) is 0.765. The summed E-state index contributed by atoms with van der Waals surface area (Å²) in [5.41, 5.74) is 0.441.